The minimum Gasteiger partial charge on any atom is -0.354 e. The number of piperazine rings is 1. The second-order valence-electron chi connectivity index (χ2n) is 6.91. The molecular weight excluding hydrogens is 371 g/mol. The van der Waals surface area contributed by atoms with Crippen LogP contribution in [0.4, 0.5) is 0 Å². The Morgan fingerprint density at radius 2 is 1.58 bits per heavy atom. The van der Waals surface area contributed by atoms with Crippen LogP contribution < -0.4 is 11.1 Å². The van der Waals surface area contributed by atoms with E-state index in [1.807, 2.05) is 0 Å². The number of halogens is 3. The molecule has 0 bridgehead atoms. The monoisotopic (exact) mass is 404 g/mol. The van der Waals surface area contributed by atoms with Crippen LogP contribution in [0.3, 0.4) is 0 Å². The molecule has 1 unspecified atom stereocenters. The van der Waals surface area contributed by atoms with Gasteiger partial charge in [-0.15, -0.1) is 37.2 Å². The fourth-order valence-electron chi connectivity index (χ4n) is 3.47. The van der Waals surface area contributed by atoms with Gasteiger partial charge in [0, 0.05) is 39.3 Å². The quantitative estimate of drug-likeness (QED) is 0.708. The Morgan fingerprint density at radius 1 is 1.08 bits per heavy atom. The van der Waals surface area contributed by atoms with Gasteiger partial charge in [0.05, 0.1) is 5.54 Å². The molecule has 24 heavy (non-hydrogen) atoms. The van der Waals surface area contributed by atoms with E-state index in [0.29, 0.717) is 5.92 Å². The minimum absolute atomic E-state index is 0. The number of likely N-dealkylation sites (N-methyl/N-ethyl adjacent to an activating group) is 1. The van der Waals surface area contributed by atoms with Gasteiger partial charge in [-0.3, -0.25) is 4.79 Å². The van der Waals surface area contributed by atoms with Crippen LogP contribution in [0.2, 0.25) is 0 Å². The molecule has 0 aromatic carbocycles. The Morgan fingerprint density at radius 3 is 2.08 bits per heavy atom. The predicted octanol–water partition coefficient (Wildman–Crippen LogP) is 1.91. The summed E-state index contributed by atoms with van der Waals surface area (Å²) in [5.41, 5.74) is 5.58. The van der Waals surface area contributed by atoms with Gasteiger partial charge in [-0.05, 0) is 25.3 Å². The molecule has 1 saturated heterocycles. The molecule has 0 radical (unpaired) electrons. The maximum Gasteiger partial charge on any atom is 0.240 e. The minimum atomic E-state index is -0.591. The highest BCUT2D eigenvalue weighted by atomic mass is 35.5. The number of carbonyl (C=O) groups is 1. The molecule has 2 aliphatic rings. The van der Waals surface area contributed by atoms with E-state index in [9.17, 15) is 4.79 Å². The highest BCUT2D eigenvalue weighted by molar-refractivity contribution is 5.86. The summed E-state index contributed by atoms with van der Waals surface area (Å²) in [7, 11) is 0. The molecule has 0 aromatic heterocycles. The van der Waals surface area contributed by atoms with E-state index in [1.165, 1.54) is 13.1 Å². The van der Waals surface area contributed by atoms with Crippen molar-refractivity contribution < 1.29 is 4.79 Å². The lowest BCUT2D eigenvalue weighted by atomic mass is 9.98. The standard InChI is InChI=1S/C16H32N4O.3ClH/c1-3-19-8-10-20(11-9-19)13-14(2)12-18-15(21)16(17)6-4-5-7-16;;;/h14H,3-13,17H2,1-2H3,(H,18,21);3*1H. The van der Waals surface area contributed by atoms with Crippen molar-refractivity contribution in [2.75, 3.05) is 45.8 Å². The maximum atomic E-state index is 12.2. The van der Waals surface area contributed by atoms with Crippen molar-refractivity contribution >= 4 is 43.1 Å². The molecule has 2 fully saturated rings. The number of rotatable bonds is 6. The van der Waals surface area contributed by atoms with E-state index in [2.05, 4.69) is 29.0 Å². The third-order valence-corrected chi connectivity index (χ3v) is 5.04. The second-order valence-corrected chi connectivity index (χ2v) is 6.91. The first-order chi connectivity index (χ1) is 10.0. The van der Waals surface area contributed by atoms with Gasteiger partial charge in [-0.25, -0.2) is 0 Å². The number of amides is 1. The predicted molar refractivity (Wildman–Crippen MR) is 108 cm³/mol. The largest absolute Gasteiger partial charge is 0.354 e. The molecule has 3 N–H and O–H groups in total. The molecule has 146 valence electrons. The average Bonchev–Trinajstić information content (AvgIpc) is 2.94. The van der Waals surface area contributed by atoms with E-state index in [1.54, 1.807) is 0 Å². The summed E-state index contributed by atoms with van der Waals surface area (Å²) in [6.07, 6.45) is 3.85. The molecule has 1 aliphatic heterocycles. The molecule has 2 rings (SSSR count). The van der Waals surface area contributed by atoms with Crippen molar-refractivity contribution in [1.82, 2.24) is 15.1 Å². The number of hydrogen-bond acceptors (Lipinski definition) is 4. The highest BCUT2D eigenvalue weighted by Gasteiger charge is 2.36. The smallest absolute Gasteiger partial charge is 0.240 e. The van der Waals surface area contributed by atoms with Gasteiger partial charge in [0.25, 0.3) is 0 Å². The summed E-state index contributed by atoms with van der Waals surface area (Å²) in [5, 5.41) is 3.07. The lowest BCUT2D eigenvalue weighted by molar-refractivity contribution is -0.126. The molecule has 1 saturated carbocycles. The lowest BCUT2D eigenvalue weighted by Gasteiger charge is -2.35. The summed E-state index contributed by atoms with van der Waals surface area (Å²) in [6.45, 7) is 12.0. The molecule has 1 heterocycles. The first-order valence-corrected chi connectivity index (χ1v) is 8.55. The van der Waals surface area contributed by atoms with E-state index in [-0.39, 0.29) is 43.1 Å². The third kappa shape index (κ3) is 7.63. The zero-order valence-corrected chi connectivity index (χ0v) is 17.4. The van der Waals surface area contributed by atoms with Gasteiger partial charge >= 0.3 is 0 Å². The zero-order chi connectivity index (χ0) is 15.3. The summed E-state index contributed by atoms with van der Waals surface area (Å²) in [5.74, 6) is 0.537. The van der Waals surface area contributed by atoms with Crippen molar-refractivity contribution in [2.24, 2.45) is 11.7 Å². The maximum absolute atomic E-state index is 12.2. The lowest BCUT2D eigenvalue weighted by Crippen LogP contribution is -2.53. The molecule has 1 amide bonds. The van der Waals surface area contributed by atoms with Gasteiger partial charge < -0.3 is 20.9 Å². The summed E-state index contributed by atoms with van der Waals surface area (Å²) in [6, 6.07) is 0. The molecule has 8 heteroatoms. The van der Waals surface area contributed by atoms with Crippen LogP contribution in [0.15, 0.2) is 0 Å². The average molecular weight is 406 g/mol. The van der Waals surface area contributed by atoms with Crippen LogP contribution in [-0.2, 0) is 4.79 Å². The number of nitrogens with two attached hydrogens (primary N) is 1. The van der Waals surface area contributed by atoms with Crippen LogP contribution in [0.5, 0.6) is 0 Å². The fourth-order valence-corrected chi connectivity index (χ4v) is 3.47. The first kappa shape index (κ1) is 26.4. The van der Waals surface area contributed by atoms with Crippen molar-refractivity contribution in [3.8, 4) is 0 Å². The van der Waals surface area contributed by atoms with Crippen molar-refractivity contribution in [1.29, 1.82) is 0 Å². The van der Waals surface area contributed by atoms with E-state index in [4.69, 9.17) is 5.73 Å². The zero-order valence-electron chi connectivity index (χ0n) is 15.0. The molecule has 0 aromatic rings. The number of nitrogens with zero attached hydrogens (tertiary/aromatic N) is 2. The normalized spacial score (nSPS) is 21.8. The van der Waals surface area contributed by atoms with Crippen LogP contribution >= 0.6 is 37.2 Å². The van der Waals surface area contributed by atoms with Crippen LogP contribution in [0, 0.1) is 5.92 Å². The molecule has 0 spiro atoms. The number of carbonyl (C=O) groups excluding carboxylic acids is 1. The Balaban J connectivity index is 0. The number of nitrogens with one attached hydrogen (secondary N) is 1. The molecular formula is C16H35Cl3N4O. The molecule has 5 nitrogen and oxygen atoms in total. The van der Waals surface area contributed by atoms with E-state index >= 15 is 0 Å². The highest BCUT2D eigenvalue weighted by Crippen LogP contribution is 2.27. The number of hydrogen-bond donors (Lipinski definition) is 2. The molecule has 1 atom stereocenters. The Kier molecular flexibility index (Phi) is 13.8. The van der Waals surface area contributed by atoms with Crippen molar-refractivity contribution in [3.05, 3.63) is 0 Å². The van der Waals surface area contributed by atoms with Gasteiger partial charge in [-0.2, -0.15) is 0 Å². The van der Waals surface area contributed by atoms with E-state index in [0.717, 1.165) is 58.4 Å². The third-order valence-electron chi connectivity index (χ3n) is 5.04. The van der Waals surface area contributed by atoms with Gasteiger partial charge in [0.2, 0.25) is 5.91 Å². The van der Waals surface area contributed by atoms with Crippen molar-refractivity contribution in [3.63, 3.8) is 0 Å². The van der Waals surface area contributed by atoms with Gasteiger partial charge in [-0.1, -0.05) is 26.7 Å². The fraction of sp³-hybridized carbons (Fsp3) is 0.938. The summed E-state index contributed by atoms with van der Waals surface area (Å²) in [4.78, 5) is 17.2. The topological polar surface area (TPSA) is 61.6 Å². The van der Waals surface area contributed by atoms with Crippen LogP contribution in [-0.4, -0.2) is 67.1 Å². The van der Waals surface area contributed by atoms with Gasteiger partial charge in [0.15, 0.2) is 0 Å². The second kappa shape index (κ2) is 12.6. The summed E-state index contributed by atoms with van der Waals surface area (Å²) >= 11 is 0. The summed E-state index contributed by atoms with van der Waals surface area (Å²) < 4.78 is 0. The molecule has 1 aliphatic carbocycles. The first-order valence-electron chi connectivity index (χ1n) is 8.55. The van der Waals surface area contributed by atoms with Crippen molar-refractivity contribution in [2.45, 2.75) is 45.1 Å². The van der Waals surface area contributed by atoms with Crippen LogP contribution in [0.25, 0.3) is 0 Å². The Hall–Kier alpha value is 0.220. The van der Waals surface area contributed by atoms with Gasteiger partial charge in [0.1, 0.15) is 0 Å². The van der Waals surface area contributed by atoms with E-state index < -0.39 is 5.54 Å². The SMILES string of the molecule is CCN1CCN(CC(C)CNC(=O)C2(N)CCCC2)CC1.Cl.Cl.Cl. The Bertz CT molecular complexity index is 346. The Labute approximate surface area is 165 Å². The van der Waals surface area contributed by atoms with Crippen LogP contribution in [0.1, 0.15) is 39.5 Å².